The number of ether oxygens (including phenoxy) is 1. The van der Waals surface area contributed by atoms with Crippen molar-refractivity contribution in [1.82, 2.24) is 5.32 Å². The van der Waals surface area contributed by atoms with Gasteiger partial charge in [0.1, 0.15) is 18.4 Å². The number of hydrogen-bond donors (Lipinski definition) is 1. The zero-order valence-corrected chi connectivity index (χ0v) is 13.5. The predicted molar refractivity (Wildman–Crippen MR) is 79.6 cm³/mol. The van der Waals surface area contributed by atoms with Gasteiger partial charge in [-0.25, -0.2) is 0 Å². The fourth-order valence-electron chi connectivity index (χ4n) is 1.61. The summed E-state index contributed by atoms with van der Waals surface area (Å²) in [5.74, 6) is 0.452. The summed E-state index contributed by atoms with van der Waals surface area (Å²) >= 11 is 6.48. The van der Waals surface area contributed by atoms with Crippen molar-refractivity contribution in [3.63, 3.8) is 0 Å². The van der Waals surface area contributed by atoms with Crippen LogP contribution in [0.1, 0.15) is 12.8 Å². The second-order valence-corrected chi connectivity index (χ2v) is 6.14. The van der Waals surface area contributed by atoms with E-state index in [0.717, 1.165) is 12.8 Å². The van der Waals surface area contributed by atoms with Gasteiger partial charge in [-0.2, -0.15) is 5.26 Å². The molecular weight excluding hydrogens is 394 g/mol. The molecule has 1 atom stereocenters. The molecule has 8 heteroatoms. The lowest BCUT2D eigenvalue weighted by molar-refractivity contribution is -0.385. The van der Waals surface area contributed by atoms with Gasteiger partial charge in [-0.3, -0.25) is 15.4 Å². The maximum Gasteiger partial charge on any atom is 0.271 e. The number of benzene rings is 1. The molecule has 2 rings (SSSR count). The highest BCUT2D eigenvalue weighted by Gasteiger charge is 2.25. The van der Waals surface area contributed by atoms with Crippen molar-refractivity contribution >= 4 is 37.5 Å². The molecule has 1 unspecified atom stereocenters. The molecule has 6 nitrogen and oxygen atoms in total. The van der Waals surface area contributed by atoms with Crippen LogP contribution in [0.3, 0.4) is 0 Å². The summed E-state index contributed by atoms with van der Waals surface area (Å²) in [5.41, 5.74) is -0.0379. The fourth-order valence-corrected chi connectivity index (χ4v) is 3.00. The first-order valence-corrected chi connectivity index (χ1v) is 7.51. The standard InChI is InChI=1S/C12H11Br2N3O3/c13-10-3-9(17(18)19)4-11(14)12(10)20-6-8(5-15)16-7-1-2-7/h3-4,7-8,16H,1-2,6H2. The molecule has 0 aromatic heterocycles. The first kappa shape index (κ1) is 15.2. The number of nitro benzene ring substituents is 1. The van der Waals surface area contributed by atoms with Crippen molar-refractivity contribution in [3.05, 3.63) is 31.2 Å². The summed E-state index contributed by atoms with van der Waals surface area (Å²) < 4.78 is 6.53. The Labute approximate surface area is 132 Å². The van der Waals surface area contributed by atoms with Gasteiger partial charge in [-0.05, 0) is 44.7 Å². The Balaban J connectivity index is 2.05. The summed E-state index contributed by atoms with van der Waals surface area (Å²) in [5, 5.41) is 22.9. The molecule has 0 bridgehead atoms. The molecule has 1 fully saturated rings. The third kappa shape index (κ3) is 3.91. The third-order valence-electron chi connectivity index (χ3n) is 2.76. The summed E-state index contributed by atoms with van der Waals surface area (Å²) in [6, 6.07) is 4.90. The highest BCUT2D eigenvalue weighted by Crippen LogP contribution is 2.37. The number of nitrogens with one attached hydrogen (secondary N) is 1. The van der Waals surface area contributed by atoms with Crippen molar-refractivity contribution < 1.29 is 9.66 Å². The van der Waals surface area contributed by atoms with Gasteiger partial charge in [0.2, 0.25) is 0 Å². The average molecular weight is 405 g/mol. The van der Waals surface area contributed by atoms with Crippen molar-refractivity contribution in [3.8, 4) is 11.8 Å². The van der Waals surface area contributed by atoms with Crippen LogP contribution >= 0.6 is 31.9 Å². The fraction of sp³-hybridized carbons (Fsp3) is 0.417. The highest BCUT2D eigenvalue weighted by atomic mass is 79.9. The second-order valence-electron chi connectivity index (χ2n) is 4.43. The normalized spacial score (nSPS) is 15.4. The van der Waals surface area contributed by atoms with E-state index in [1.165, 1.54) is 12.1 Å². The molecule has 20 heavy (non-hydrogen) atoms. The van der Waals surface area contributed by atoms with Gasteiger partial charge in [0.25, 0.3) is 5.69 Å². The highest BCUT2D eigenvalue weighted by molar-refractivity contribution is 9.11. The number of non-ortho nitro benzene ring substituents is 1. The Morgan fingerprint density at radius 2 is 2.10 bits per heavy atom. The number of nitrogens with zero attached hydrogens (tertiary/aromatic N) is 2. The summed E-state index contributed by atoms with van der Waals surface area (Å²) in [6.07, 6.45) is 2.17. The number of hydrogen-bond acceptors (Lipinski definition) is 5. The van der Waals surface area contributed by atoms with Crippen molar-refractivity contribution in [2.45, 2.75) is 24.9 Å². The summed E-state index contributed by atoms with van der Waals surface area (Å²) in [6.45, 7) is 0.183. The van der Waals surface area contributed by atoms with E-state index >= 15 is 0 Å². The molecule has 0 aliphatic heterocycles. The lowest BCUT2D eigenvalue weighted by Gasteiger charge is -2.14. The Morgan fingerprint density at radius 1 is 1.50 bits per heavy atom. The second kappa shape index (κ2) is 6.52. The van der Waals surface area contributed by atoms with Crippen LogP contribution in [0, 0.1) is 21.4 Å². The average Bonchev–Trinajstić information content (AvgIpc) is 3.19. The van der Waals surface area contributed by atoms with Crippen LogP contribution in [-0.2, 0) is 0 Å². The molecule has 0 amide bonds. The molecular formula is C12H11Br2N3O3. The van der Waals surface area contributed by atoms with Gasteiger partial charge in [0, 0.05) is 18.2 Å². The Morgan fingerprint density at radius 3 is 2.55 bits per heavy atom. The lowest BCUT2D eigenvalue weighted by Crippen LogP contribution is -2.34. The quantitative estimate of drug-likeness (QED) is 0.581. The maximum absolute atomic E-state index is 10.7. The number of nitriles is 1. The van der Waals surface area contributed by atoms with Gasteiger partial charge < -0.3 is 4.74 Å². The van der Waals surface area contributed by atoms with Gasteiger partial charge >= 0.3 is 0 Å². The summed E-state index contributed by atoms with van der Waals surface area (Å²) in [4.78, 5) is 10.2. The van der Waals surface area contributed by atoms with Crippen LogP contribution in [0.15, 0.2) is 21.1 Å². The summed E-state index contributed by atoms with van der Waals surface area (Å²) in [7, 11) is 0. The van der Waals surface area contributed by atoms with Gasteiger partial charge in [-0.1, -0.05) is 0 Å². The zero-order valence-electron chi connectivity index (χ0n) is 10.3. The Bertz CT molecular complexity index is 547. The minimum atomic E-state index is -0.480. The number of nitro groups is 1. The van der Waals surface area contributed by atoms with Crippen LogP contribution in [-0.4, -0.2) is 23.6 Å². The monoisotopic (exact) mass is 403 g/mol. The molecule has 0 radical (unpaired) electrons. The molecule has 106 valence electrons. The van der Waals surface area contributed by atoms with Gasteiger partial charge in [0.05, 0.1) is 19.9 Å². The van der Waals surface area contributed by atoms with E-state index in [0.29, 0.717) is 20.7 Å². The maximum atomic E-state index is 10.7. The van der Waals surface area contributed by atoms with E-state index in [9.17, 15) is 10.1 Å². The molecule has 0 spiro atoms. The molecule has 1 aromatic rings. The molecule has 1 saturated carbocycles. The van der Waals surface area contributed by atoms with E-state index in [1.54, 1.807) is 0 Å². The van der Waals surface area contributed by atoms with Gasteiger partial charge in [0.15, 0.2) is 0 Å². The van der Waals surface area contributed by atoms with E-state index < -0.39 is 11.0 Å². The minimum Gasteiger partial charge on any atom is -0.488 e. The van der Waals surface area contributed by atoms with Crippen LogP contribution in [0.2, 0.25) is 0 Å². The number of halogens is 2. The number of rotatable bonds is 6. The predicted octanol–water partition coefficient (Wildman–Crippen LogP) is 3.14. The van der Waals surface area contributed by atoms with Crippen molar-refractivity contribution in [2.75, 3.05) is 6.61 Å². The van der Waals surface area contributed by atoms with Crippen LogP contribution in [0.5, 0.6) is 5.75 Å². The van der Waals surface area contributed by atoms with Crippen molar-refractivity contribution in [2.24, 2.45) is 0 Å². The SMILES string of the molecule is N#CC(COc1c(Br)cc([N+](=O)[O-])cc1Br)NC1CC1. The molecule has 1 aromatic carbocycles. The zero-order chi connectivity index (χ0) is 14.7. The van der Waals surface area contributed by atoms with E-state index in [1.807, 2.05) is 0 Å². The van der Waals surface area contributed by atoms with Crippen LogP contribution in [0.4, 0.5) is 5.69 Å². The van der Waals surface area contributed by atoms with E-state index in [-0.39, 0.29) is 12.3 Å². The molecule has 1 N–H and O–H groups in total. The van der Waals surface area contributed by atoms with Gasteiger partial charge in [-0.15, -0.1) is 0 Å². The largest absolute Gasteiger partial charge is 0.488 e. The first-order chi connectivity index (χ1) is 9.51. The Hall–Kier alpha value is -1.17. The molecule has 1 aliphatic rings. The van der Waals surface area contributed by atoms with Crippen LogP contribution < -0.4 is 10.1 Å². The topological polar surface area (TPSA) is 88.2 Å². The van der Waals surface area contributed by atoms with E-state index in [4.69, 9.17) is 10.00 Å². The molecule has 1 aliphatic carbocycles. The van der Waals surface area contributed by atoms with Crippen molar-refractivity contribution in [1.29, 1.82) is 5.26 Å². The first-order valence-electron chi connectivity index (χ1n) is 5.93. The van der Waals surface area contributed by atoms with E-state index in [2.05, 4.69) is 43.2 Å². The molecule has 0 saturated heterocycles. The molecule has 0 heterocycles. The Kier molecular flexibility index (Phi) is 4.96. The lowest BCUT2D eigenvalue weighted by atomic mass is 10.3. The minimum absolute atomic E-state index is 0.0379. The van der Waals surface area contributed by atoms with Crippen LogP contribution in [0.25, 0.3) is 0 Å². The smallest absolute Gasteiger partial charge is 0.271 e. The third-order valence-corrected chi connectivity index (χ3v) is 3.94.